The number of likely N-dealkylation sites (tertiary alicyclic amines) is 1. The van der Waals surface area contributed by atoms with E-state index in [1.165, 1.54) is 0 Å². The summed E-state index contributed by atoms with van der Waals surface area (Å²) in [4.78, 5) is 36.2. The van der Waals surface area contributed by atoms with Crippen LogP contribution in [0.5, 0.6) is 0 Å². The molecule has 1 fully saturated rings. The van der Waals surface area contributed by atoms with Gasteiger partial charge in [-0.05, 0) is 68.0 Å². The second-order valence-corrected chi connectivity index (χ2v) is 10.3. The number of carbonyl (C=O) groups excluding carboxylic acids is 2. The van der Waals surface area contributed by atoms with E-state index in [9.17, 15) is 9.59 Å². The Morgan fingerprint density at radius 2 is 1.89 bits per heavy atom. The Morgan fingerprint density at radius 3 is 2.58 bits per heavy atom. The molecule has 2 aromatic heterocycles. The van der Waals surface area contributed by atoms with E-state index in [0.717, 1.165) is 46.4 Å². The van der Waals surface area contributed by atoms with Crippen LogP contribution >= 0.6 is 11.6 Å². The van der Waals surface area contributed by atoms with Crippen LogP contribution in [0, 0.1) is 19.8 Å². The number of fused-ring (bicyclic) bond motifs is 1. The van der Waals surface area contributed by atoms with Gasteiger partial charge in [0.1, 0.15) is 11.6 Å². The average Bonchev–Trinajstić information content (AvgIpc) is 3.24. The third-order valence-corrected chi connectivity index (χ3v) is 7.39. The summed E-state index contributed by atoms with van der Waals surface area (Å²) < 4.78 is 5.38. The summed E-state index contributed by atoms with van der Waals surface area (Å²) in [6, 6.07) is 13.5. The number of benzene rings is 2. The zero-order chi connectivity index (χ0) is 26.8. The van der Waals surface area contributed by atoms with Crippen LogP contribution < -0.4 is 5.32 Å². The van der Waals surface area contributed by atoms with Crippen LogP contribution in [0.25, 0.3) is 22.0 Å². The number of nitrogens with zero attached hydrogens (tertiary/aromatic N) is 4. The minimum atomic E-state index is -0.0891. The standard InChI is InChI=1S/C29H30ClN5O3/c1-17-27(18(2)38-34-17)22-7-8-25-24(15-22)28(31-16-21-5-4-6-23(30)13-21)33-29(32-25)26(37)14-20-9-11-35(12-10-20)19(3)36/h4-8,13,15,20H,9-12,14,16H2,1-3H3,(H,31,32,33). The highest BCUT2D eigenvalue weighted by atomic mass is 35.5. The molecule has 0 radical (unpaired) electrons. The van der Waals surface area contributed by atoms with Crippen molar-refractivity contribution in [3.63, 3.8) is 0 Å². The molecule has 1 N–H and O–H groups in total. The molecule has 0 bridgehead atoms. The number of hydrogen-bond acceptors (Lipinski definition) is 7. The summed E-state index contributed by atoms with van der Waals surface area (Å²) in [6.45, 7) is 7.23. The largest absolute Gasteiger partial charge is 0.365 e. The molecule has 2 aromatic carbocycles. The topological polar surface area (TPSA) is 101 Å². The molecular formula is C29H30ClN5O3. The van der Waals surface area contributed by atoms with E-state index in [4.69, 9.17) is 21.1 Å². The van der Waals surface area contributed by atoms with Crippen molar-refractivity contribution in [2.75, 3.05) is 18.4 Å². The van der Waals surface area contributed by atoms with E-state index in [1.807, 2.05) is 61.2 Å². The number of rotatable bonds is 7. The van der Waals surface area contributed by atoms with Gasteiger partial charge in [0.15, 0.2) is 11.6 Å². The number of ketones is 1. The van der Waals surface area contributed by atoms with Crippen molar-refractivity contribution in [2.45, 2.75) is 46.6 Å². The highest BCUT2D eigenvalue weighted by Gasteiger charge is 2.25. The summed E-state index contributed by atoms with van der Waals surface area (Å²) >= 11 is 6.18. The molecule has 1 aliphatic rings. The number of piperidine rings is 1. The SMILES string of the molecule is CC(=O)N1CCC(CC(=O)c2nc(NCc3cccc(Cl)c3)c3cc(-c4c(C)noc4C)ccc3n2)CC1. The van der Waals surface area contributed by atoms with Crippen LogP contribution in [0.1, 0.15) is 53.8 Å². The van der Waals surface area contributed by atoms with Gasteiger partial charge in [-0.25, -0.2) is 9.97 Å². The minimum absolute atomic E-state index is 0.0824. The molecule has 0 saturated carbocycles. The Morgan fingerprint density at radius 1 is 1.11 bits per heavy atom. The van der Waals surface area contributed by atoms with E-state index in [1.54, 1.807) is 6.92 Å². The van der Waals surface area contributed by atoms with Crippen LogP contribution in [0.15, 0.2) is 47.0 Å². The second kappa shape index (κ2) is 10.9. The Labute approximate surface area is 226 Å². The highest BCUT2D eigenvalue weighted by molar-refractivity contribution is 6.30. The lowest BCUT2D eigenvalue weighted by molar-refractivity contribution is -0.130. The number of nitrogens with one attached hydrogen (secondary N) is 1. The third-order valence-electron chi connectivity index (χ3n) is 7.15. The summed E-state index contributed by atoms with van der Waals surface area (Å²) in [5, 5.41) is 8.95. The molecule has 0 aliphatic carbocycles. The molecule has 0 unspecified atom stereocenters. The lowest BCUT2D eigenvalue weighted by atomic mass is 9.91. The van der Waals surface area contributed by atoms with Crippen LogP contribution in [-0.2, 0) is 11.3 Å². The van der Waals surface area contributed by atoms with Gasteiger partial charge in [-0.1, -0.05) is 35.0 Å². The molecule has 5 rings (SSSR count). The van der Waals surface area contributed by atoms with Gasteiger partial charge in [-0.2, -0.15) is 0 Å². The van der Waals surface area contributed by atoms with E-state index in [-0.39, 0.29) is 23.4 Å². The van der Waals surface area contributed by atoms with Gasteiger partial charge in [0.25, 0.3) is 0 Å². The monoisotopic (exact) mass is 531 g/mol. The molecule has 3 heterocycles. The van der Waals surface area contributed by atoms with Gasteiger partial charge in [-0.3, -0.25) is 9.59 Å². The second-order valence-electron chi connectivity index (χ2n) is 9.89. The molecular weight excluding hydrogens is 502 g/mol. The zero-order valence-electron chi connectivity index (χ0n) is 21.8. The number of Topliss-reactive ketones (excluding diaryl/α,β-unsaturated/α-hetero) is 1. The van der Waals surface area contributed by atoms with Crippen molar-refractivity contribution in [2.24, 2.45) is 5.92 Å². The molecule has 4 aromatic rings. The minimum Gasteiger partial charge on any atom is -0.365 e. The van der Waals surface area contributed by atoms with Crippen LogP contribution in [0.4, 0.5) is 5.82 Å². The maximum absolute atomic E-state index is 13.3. The zero-order valence-corrected chi connectivity index (χ0v) is 22.5. The van der Waals surface area contributed by atoms with Crippen LogP contribution in [0.3, 0.4) is 0 Å². The fourth-order valence-corrected chi connectivity index (χ4v) is 5.29. The Hall–Kier alpha value is -3.78. The maximum Gasteiger partial charge on any atom is 0.219 e. The van der Waals surface area contributed by atoms with Crippen molar-refractivity contribution >= 4 is 40.0 Å². The van der Waals surface area contributed by atoms with E-state index >= 15 is 0 Å². The smallest absolute Gasteiger partial charge is 0.219 e. The Kier molecular flexibility index (Phi) is 7.42. The number of anilines is 1. The predicted octanol–water partition coefficient (Wildman–Crippen LogP) is 6.00. The maximum atomic E-state index is 13.3. The summed E-state index contributed by atoms with van der Waals surface area (Å²) in [5.41, 5.74) is 4.36. The van der Waals surface area contributed by atoms with Gasteiger partial charge in [0, 0.05) is 49.0 Å². The van der Waals surface area contributed by atoms with Crippen molar-refractivity contribution in [1.82, 2.24) is 20.0 Å². The van der Waals surface area contributed by atoms with Gasteiger partial charge in [0.2, 0.25) is 5.91 Å². The van der Waals surface area contributed by atoms with Crippen LogP contribution in [-0.4, -0.2) is 44.8 Å². The fourth-order valence-electron chi connectivity index (χ4n) is 5.08. The Balaban J connectivity index is 1.46. The third kappa shape index (κ3) is 5.55. The van der Waals surface area contributed by atoms with Crippen molar-refractivity contribution in [1.29, 1.82) is 0 Å². The number of aryl methyl sites for hydroxylation is 2. The first-order valence-corrected chi connectivity index (χ1v) is 13.2. The molecule has 1 saturated heterocycles. The number of aromatic nitrogens is 3. The summed E-state index contributed by atoms with van der Waals surface area (Å²) in [6.07, 6.45) is 1.97. The lowest BCUT2D eigenvalue weighted by Crippen LogP contribution is -2.37. The normalized spacial score (nSPS) is 14.2. The molecule has 9 heteroatoms. The van der Waals surface area contributed by atoms with Gasteiger partial charge in [0.05, 0.1) is 11.2 Å². The van der Waals surface area contributed by atoms with E-state index in [0.29, 0.717) is 42.4 Å². The summed E-state index contributed by atoms with van der Waals surface area (Å²) in [7, 11) is 0. The van der Waals surface area contributed by atoms with E-state index in [2.05, 4.69) is 15.5 Å². The fraction of sp³-hybridized carbons (Fsp3) is 0.345. The molecule has 0 spiro atoms. The lowest BCUT2D eigenvalue weighted by Gasteiger charge is -2.30. The first-order valence-electron chi connectivity index (χ1n) is 12.8. The molecule has 0 atom stereocenters. The van der Waals surface area contributed by atoms with Crippen molar-refractivity contribution in [3.8, 4) is 11.1 Å². The van der Waals surface area contributed by atoms with E-state index < -0.39 is 0 Å². The summed E-state index contributed by atoms with van der Waals surface area (Å²) in [5.74, 6) is 1.72. The van der Waals surface area contributed by atoms with Crippen molar-refractivity contribution < 1.29 is 14.1 Å². The average molecular weight is 532 g/mol. The van der Waals surface area contributed by atoms with Crippen LogP contribution in [0.2, 0.25) is 5.02 Å². The molecule has 8 nitrogen and oxygen atoms in total. The number of hydrogen-bond donors (Lipinski definition) is 1. The Bertz CT molecular complexity index is 1490. The number of carbonyl (C=O) groups is 2. The predicted molar refractivity (Wildman–Crippen MR) is 147 cm³/mol. The van der Waals surface area contributed by atoms with Gasteiger partial charge >= 0.3 is 0 Å². The quantitative estimate of drug-likeness (QED) is 0.292. The highest BCUT2D eigenvalue weighted by Crippen LogP contribution is 2.32. The molecule has 196 valence electrons. The first kappa shape index (κ1) is 25.9. The molecule has 1 amide bonds. The first-order chi connectivity index (χ1) is 18.3. The number of amides is 1. The molecule has 1 aliphatic heterocycles. The van der Waals surface area contributed by atoms with Crippen molar-refractivity contribution in [3.05, 3.63) is 70.3 Å². The number of halogens is 1. The molecule has 38 heavy (non-hydrogen) atoms. The van der Waals surface area contributed by atoms with Gasteiger partial charge < -0.3 is 14.7 Å². The van der Waals surface area contributed by atoms with Gasteiger partial charge in [-0.15, -0.1) is 0 Å².